The molecule has 2 aromatic heterocycles. The van der Waals surface area contributed by atoms with Gasteiger partial charge < -0.3 is 34.8 Å². The number of rotatable bonds is 13. The molecule has 1 saturated carbocycles. The van der Waals surface area contributed by atoms with E-state index in [0.29, 0.717) is 23.5 Å². The van der Waals surface area contributed by atoms with Crippen LogP contribution in [-0.2, 0) is 19.1 Å². The minimum Gasteiger partial charge on any atom is -0.457 e. The lowest BCUT2D eigenvalue weighted by Gasteiger charge is -2.23. The Kier molecular flexibility index (Phi) is 11.1. The monoisotopic (exact) mass is 790 g/mol. The van der Waals surface area contributed by atoms with Crippen LogP contribution in [0.15, 0.2) is 82.8 Å². The first kappa shape index (κ1) is 36.9. The second-order valence-electron chi connectivity index (χ2n) is 15.1. The van der Waals surface area contributed by atoms with E-state index < -0.39 is 11.9 Å². The molecule has 5 heterocycles. The fraction of sp³-hybridized carbons (Fsp3) is 0.395. The number of ether oxygens (including phenoxy) is 3. The number of thioether (sulfide) groups is 2. The van der Waals surface area contributed by atoms with Gasteiger partial charge in [-0.2, -0.15) is 0 Å². The van der Waals surface area contributed by atoms with Crippen LogP contribution >= 0.6 is 23.5 Å². The van der Waals surface area contributed by atoms with Gasteiger partial charge in [-0.15, -0.1) is 23.5 Å². The highest BCUT2D eigenvalue weighted by atomic mass is 32.2. The van der Waals surface area contributed by atoms with Crippen LogP contribution < -0.4 is 15.4 Å². The molecule has 0 spiro atoms. The average Bonchev–Trinajstić information content (AvgIpc) is 4.05. The third-order valence-corrected chi connectivity index (χ3v) is 13.2. The molecule has 0 bridgehead atoms. The maximum absolute atomic E-state index is 12.9. The van der Waals surface area contributed by atoms with Crippen LogP contribution in [0, 0.1) is 5.92 Å². The fourth-order valence-electron chi connectivity index (χ4n) is 7.97. The van der Waals surface area contributed by atoms with Gasteiger partial charge in [-0.25, -0.2) is 0 Å². The minimum atomic E-state index is -0.558. The number of para-hydroxylation sites is 2. The molecule has 0 amide bonds. The summed E-state index contributed by atoms with van der Waals surface area (Å²) in [6, 6.07) is 24.3. The predicted molar refractivity (Wildman–Crippen MR) is 227 cm³/mol. The third kappa shape index (κ3) is 8.64. The standard InChI is InChI=1S/C43H46N6O5S2/c50-38(20-30-24-55-42(46-30)36-18-27-7-6-12-34(40(27)48-36)45-29-8-4-5-9-29)54-39(51)21-31-25-56-43(47-31)37-19-28-17-33(53-32-10-2-1-3-11-32)22-35(41(28)49-37)44-23-26-13-15-52-16-14-26/h1-3,6-7,10-12,17-19,22,26,29-31,44-45,48-49H,4-5,8-9,13-16,20-21,23-25H2. The molecule has 1 saturated heterocycles. The van der Waals surface area contributed by atoms with Crippen molar-refractivity contribution in [3.8, 4) is 11.5 Å². The van der Waals surface area contributed by atoms with E-state index in [4.69, 9.17) is 24.2 Å². The Morgan fingerprint density at radius 1 is 0.732 bits per heavy atom. The van der Waals surface area contributed by atoms with E-state index in [1.54, 1.807) is 23.5 Å². The van der Waals surface area contributed by atoms with E-state index in [1.165, 1.54) is 25.7 Å². The van der Waals surface area contributed by atoms with Crippen molar-refractivity contribution in [1.29, 1.82) is 0 Å². The number of fused-ring (bicyclic) bond motifs is 2. The van der Waals surface area contributed by atoms with Crippen molar-refractivity contribution in [2.45, 2.75) is 69.5 Å². The van der Waals surface area contributed by atoms with E-state index >= 15 is 0 Å². The van der Waals surface area contributed by atoms with Crippen molar-refractivity contribution >= 4 is 78.7 Å². The van der Waals surface area contributed by atoms with Crippen LogP contribution in [0.2, 0.25) is 0 Å². The molecule has 11 nitrogen and oxygen atoms in total. The van der Waals surface area contributed by atoms with Gasteiger partial charge in [-0.05, 0) is 68.0 Å². The molecular formula is C43H46N6O5S2. The lowest BCUT2D eigenvalue weighted by atomic mass is 10.0. The zero-order valence-corrected chi connectivity index (χ0v) is 32.8. The number of carbonyl (C=O) groups is 2. The smallest absolute Gasteiger partial charge is 0.315 e. The second kappa shape index (κ2) is 16.8. The summed E-state index contributed by atoms with van der Waals surface area (Å²) in [5, 5.41) is 11.2. The number of aliphatic imine (C=N–C) groups is 2. The van der Waals surface area contributed by atoms with Gasteiger partial charge in [0.2, 0.25) is 0 Å². The van der Waals surface area contributed by atoms with Crippen molar-refractivity contribution in [1.82, 2.24) is 9.97 Å². The number of aromatic amines is 2. The molecule has 1 aliphatic carbocycles. The van der Waals surface area contributed by atoms with Crippen molar-refractivity contribution in [3.63, 3.8) is 0 Å². The summed E-state index contributed by atoms with van der Waals surface area (Å²) in [6.07, 6.45) is 7.12. The first-order chi connectivity index (χ1) is 27.5. The number of nitrogens with one attached hydrogen (secondary N) is 4. The Morgan fingerprint density at radius 2 is 1.39 bits per heavy atom. The lowest BCUT2D eigenvalue weighted by Crippen LogP contribution is -2.22. The van der Waals surface area contributed by atoms with E-state index in [9.17, 15) is 9.59 Å². The molecule has 4 N–H and O–H groups in total. The SMILES string of the molecule is O=C(CC1CSC(c2cc3cc(Oc4ccccc4)cc(NCC4CCOCC4)c3[nH]2)=N1)OC(=O)CC1CSC(c2cc3cccc(NC4CCCC4)c3[nH]2)=N1. The molecule has 290 valence electrons. The molecule has 56 heavy (non-hydrogen) atoms. The molecule has 3 aliphatic heterocycles. The lowest BCUT2D eigenvalue weighted by molar-refractivity contribution is -0.159. The van der Waals surface area contributed by atoms with Gasteiger partial charge in [0.15, 0.2) is 0 Å². The largest absolute Gasteiger partial charge is 0.457 e. The molecule has 9 rings (SSSR count). The summed E-state index contributed by atoms with van der Waals surface area (Å²) in [4.78, 5) is 42.7. The predicted octanol–water partition coefficient (Wildman–Crippen LogP) is 8.91. The molecule has 5 aromatic rings. The number of hydrogen-bond acceptors (Lipinski definition) is 11. The summed E-state index contributed by atoms with van der Waals surface area (Å²) in [5.41, 5.74) is 5.97. The number of benzene rings is 3. The number of esters is 2. The van der Waals surface area contributed by atoms with Crippen LogP contribution in [-0.4, -0.2) is 81.4 Å². The topological polar surface area (TPSA) is 142 Å². The molecule has 13 heteroatoms. The normalized spacial score (nSPS) is 20.4. The highest BCUT2D eigenvalue weighted by Gasteiger charge is 2.28. The Bertz CT molecular complexity index is 2270. The first-order valence-electron chi connectivity index (χ1n) is 19.7. The van der Waals surface area contributed by atoms with Gasteiger partial charge in [0.05, 0.1) is 58.7 Å². The van der Waals surface area contributed by atoms with E-state index in [2.05, 4.69) is 50.9 Å². The number of aromatic nitrogens is 2. The quantitative estimate of drug-likeness (QED) is 0.0680. The maximum Gasteiger partial charge on any atom is 0.315 e. The van der Waals surface area contributed by atoms with Gasteiger partial charge in [0.1, 0.15) is 21.6 Å². The number of nitrogens with zero attached hydrogens (tertiary/aromatic N) is 2. The average molecular weight is 791 g/mol. The zero-order valence-electron chi connectivity index (χ0n) is 31.2. The van der Waals surface area contributed by atoms with Gasteiger partial charge in [-0.1, -0.05) is 43.2 Å². The van der Waals surface area contributed by atoms with Gasteiger partial charge in [-0.3, -0.25) is 19.6 Å². The summed E-state index contributed by atoms with van der Waals surface area (Å²) in [5.74, 6) is 2.23. The first-order valence-corrected chi connectivity index (χ1v) is 21.7. The van der Waals surface area contributed by atoms with Gasteiger partial charge in [0.25, 0.3) is 0 Å². The minimum absolute atomic E-state index is 0.0374. The summed E-state index contributed by atoms with van der Waals surface area (Å²) in [6.45, 7) is 2.44. The van der Waals surface area contributed by atoms with Crippen molar-refractivity contribution in [3.05, 3.63) is 84.2 Å². The van der Waals surface area contributed by atoms with Crippen molar-refractivity contribution < 1.29 is 23.8 Å². The van der Waals surface area contributed by atoms with Crippen LogP contribution in [0.3, 0.4) is 0 Å². The molecule has 3 aromatic carbocycles. The van der Waals surface area contributed by atoms with Crippen molar-refractivity contribution in [2.75, 3.05) is 41.9 Å². The van der Waals surface area contributed by atoms with Crippen LogP contribution in [0.1, 0.15) is 62.8 Å². The summed E-state index contributed by atoms with van der Waals surface area (Å²) in [7, 11) is 0. The Hall–Kier alpha value is -4.72. The van der Waals surface area contributed by atoms with Crippen molar-refractivity contribution in [2.24, 2.45) is 15.9 Å². The molecular weight excluding hydrogens is 745 g/mol. The van der Waals surface area contributed by atoms with Crippen LogP contribution in [0.4, 0.5) is 11.4 Å². The van der Waals surface area contributed by atoms with Gasteiger partial charge >= 0.3 is 11.9 Å². The highest BCUT2D eigenvalue weighted by Crippen LogP contribution is 2.36. The van der Waals surface area contributed by atoms with Crippen LogP contribution in [0.25, 0.3) is 21.8 Å². The van der Waals surface area contributed by atoms with Crippen LogP contribution in [0.5, 0.6) is 11.5 Å². The Balaban J connectivity index is 0.818. The molecule has 0 radical (unpaired) electrons. The number of carbonyl (C=O) groups excluding carboxylic acids is 2. The maximum atomic E-state index is 12.9. The molecule has 4 aliphatic rings. The summed E-state index contributed by atoms with van der Waals surface area (Å²) >= 11 is 3.22. The number of anilines is 2. The van der Waals surface area contributed by atoms with Gasteiger partial charge in [0, 0.05) is 54.1 Å². The number of hydrogen-bond donors (Lipinski definition) is 4. The second-order valence-corrected chi connectivity index (χ2v) is 17.1. The highest BCUT2D eigenvalue weighted by molar-refractivity contribution is 8.15. The molecule has 2 unspecified atom stereocenters. The fourth-order valence-corrected chi connectivity index (χ4v) is 10.0. The summed E-state index contributed by atoms with van der Waals surface area (Å²) < 4.78 is 17.1. The zero-order chi connectivity index (χ0) is 37.8. The molecule has 2 fully saturated rings. The van der Waals surface area contributed by atoms with E-state index in [-0.39, 0.29) is 24.9 Å². The van der Waals surface area contributed by atoms with E-state index in [1.807, 2.05) is 42.5 Å². The number of H-pyrrole nitrogens is 2. The Morgan fingerprint density at radius 3 is 2.09 bits per heavy atom. The Labute approximate surface area is 334 Å². The third-order valence-electron chi connectivity index (χ3n) is 10.9. The van der Waals surface area contributed by atoms with E-state index in [0.717, 1.165) is 98.8 Å². The molecule has 2 atom stereocenters.